The Bertz CT molecular complexity index is 1360. The molecule has 2 aliphatic rings. The Kier molecular flexibility index (Phi) is 7.43. The number of nitrogens with one attached hydrogen (secondary N) is 2. The van der Waals surface area contributed by atoms with Crippen molar-refractivity contribution < 1.29 is 22.6 Å². The van der Waals surface area contributed by atoms with E-state index < -0.39 is 17.8 Å². The highest BCUT2D eigenvalue weighted by Crippen LogP contribution is 2.37. The Balaban J connectivity index is 1.59. The van der Waals surface area contributed by atoms with E-state index in [4.69, 9.17) is 15.2 Å². The van der Waals surface area contributed by atoms with Gasteiger partial charge >= 0.3 is 6.18 Å². The summed E-state index contributed by atoms with van der Waals surface area (Å²) < 4.78 is 53.3. The van der Waals surface area contributed by atoms with Gasteiger partial charge in [0.15, 0.2) is 5.69 Å². The number of hydrogen-bond acceptors (Lipinski definition) is 10. The van der Waals surface area contributed by atoms with E-state index in [1.54, 1.807) is 0 Å². The summed E-state index contributed by atoms with van der Waals surface area (Å²) in [4.78, 5) is 18.2. The molecule has 0 aliphatic carbocycles. The van der Waals surface area contributed by atoms with Crippen LogP contribution < -0.4 is 26.0 Å². The lowest BCUT2D eigenvalue weighted by atomic mass is 10.0. The Morgan fingerprint density at radius 2 is 2.03 bits per heavy atom. The zero-order valence-electron chi connectivity index (χ0n) is 20.2. The molecule has 5 rings (SSSR count). The van der Waals surface area contributed by atoms with E-state index >= 15 is 0 Å². The lowest BCUT2D eigenvalue weighted by Crippen LogP contribution is -2.37. The highest BCUT2D eigenvalue weighted by Gasteiger charge is 2.37. The van der Waals surface area contributed by atoms with Crippen LogP contribution in [-0.2, 0) is 10.9 Å². The first-order chi connectivity index (χ1) is 18.2. The molecule has 38 heavy (non-hydrogen) atoms. The van der Waals surface area contributed by atoms with Gasteiger partial charge in [0.25, 0.3) is 0 Å². The molecule has 1 unspecified atom stereocenters. The van der Waals surface area contributed by atoms with Crippen molar-refractivity contribution in [3.05, 3.63) is 47.4 Å². The van der Waals surface area contributed by atoms with Crippen LogP contribution in [-0.4, -0.2) is 56.9 Å². The van der Waals surface area contributed by atoms with Gasteiger partial charge in [0, 0.05) is 47.9 Å². The summed E-state index contributed by atoms with van der Waals surface area (Å²) in [5.41, 5.74) is 6.56. The topological polar surface area (TPSA) is 123 Å². The van der Waals surface area contributed by atoms with Gasteiger partial charge in [-0.1, -0.05) is 6.07 Å². The third-order valence-electron chi connectivity index (χ3n) is 6.05. The number of rotatable bonds is 6. The van der Waals surface area contributed by atoms with Gasteiger partial charge in [-0.2, -0.15) is 18.2 Å². The molecule has 2 aromatic heterocycles. The van der Waals surface area contributed by atoms with E-state index in [0.717, 1.165) is 23.1 Å². The zero-order valence-corrected chi connectivity index (χ0v) is 22.4. The minimum atomic E-state index is -4.76. The average Bonchev–Trinajstić information content (AvgIpc) is 2.89. The van der Waals surface area contributed by atoms with Crippen LogP contribution in [0.3, 0.4) is 0 Å². The molecule has 10 nitrogen and oxygen atoms in total. The van der Waals surface area contributed by atoms with Crippen molar-refractivity contribution in [1.82, 2.24) is 19.9 Å². The van der Waals surface area contributed by atoms with Crippen molar-refractivity contribution in [3.8, 4) is 17.0 Å². The number of fused-ring (bicyclic) bond motifs is 1. The normalized spacial score (nSPS) is 17.3. The van der Waals surface area contributed by atoms with Gasteiger partial charge in [0.05, 0.1) is 24.9 Å². The van der Waals surface area contributed by atoms with E-state index in [0.29, 0.717) is 42.5 Å². The molecule has 1 atom stereocenters. The molecule has 1 saturated heterocycles. The first-order valence-corrected chi connectivity index (χ1v) is 13.2. The predicted octanol–water partition coefficient (Wildman–Crippen LogP) is 4.41. The number of benzene rings is 1. The van der Waals surface area contributed by atoms with Gasteiger partial charge in [0.2, 0.25) is 11.9 Å². The van der Waals surface area contributed by atoms with Crippen molar-refractivity contribution in [2.24, 2.45) is 0 Å². The molecular weight excluding hydrogens is 616 g/mol. The van der Waals surface area contributed by atoms with Crippen LogP contribution >= 0.6 is 22.6 Å². The quantitative estimate of drug-likeness (QED) is 0.264. The van der Waals surface area contributed by atoms with E-state index in [1.807, 2.05) is 36.1 Å². The van der Waals surface area contributed by atoms with Gasteiger partial charge < -0.3 is 30.7 Å². The minimum absolute atomic E-state index is 0.0164. The Hall–Kier alpha value is -3.40. The molecule has 3 aromatic rings. The number of nitrogens with zero attached hydrogens (tertiary/aromatic N) is 5. The maximum absolute atomic E-state index is 13.9. The molecule has 0 saturated carbocycles. The van der Waals surface area contributed by atoms with Gasteiger partial charge in [-0.25, -0.2) is 15.0 Å². The van der Waals surface area contributed by atoms with Crippen LogP contribution in [0.5, 0.6) is 5.75 Å². The number of ether oxygens (including phenoxy) is 2. The van der Waals surface area contributed by atoms with Crippen molar-refractivity contribution in [3.63, 3.8) is 0 Å². The second kappa shape index (κ2) is 10.8. The molecule has 0 bridgehead atoms. The highest BCUT2D eigenvalue weighted by molar-refractivity contribution is 14.1. The molecule has 0 spiro atoms. The first-order valence-electron chi connectivity index (χ1n) is 11.7. The maximum Gasteiger partial charge on any atom is 0.434 e. The van der Waals surface area contributed by atoms with Crippen LogP contribution in [0, 0.1) is 0 Å². The second-order valence-electron chi connectivity index (χ2n) is 8.59. The summed E-state index contributed by atoms with van der Waals surface area (Å²) in [6.07, 6.45) is -1.77. The number of alkyl halides is 4. The van der Waals surface area contributed by atoms with E-state index in [2.05, 4.69) is 53.2 Å². The van der Waals surface area contributed by atoms with Crippen molar-refractivity contribution in [2.45, 2.75) is 19.1 Å². The molecule has 0 amide bonds. The number of anilines is 4. The third-order valence-corrected chi connectivity index (χ3v) is 6.36. The molecule has 200 valence electrons. The number of nitrogens with two attached hydrogens (primary N) is 1. The first kappa shape index (κ1) is 26.2. The summed E-state index contributed by atoms with van der Waals surface area (Å²) in [7, 11) is 0. The summed E-state index contributed by atoms with van der Waals surface area (Å²) in [6.45, 7) is 3.87. The van der Waals surface area contributed by atoms with Crippen molar-refractivity contribution in [2.75, 3.05) is 52.2 Å². The standard InChI is InChI=1S/C24H24F3IN8O2/c1-13-17(9-14-16(31-13)3-2-4-19(14)38-12-28)32-20-10-18(33-23(34-20)36-5-7-37-8-6-36)15-11-30-22(29)35-21(15)24(25,26)27/h2-4,9-11,13,31H,5-8,12H2,1H3,(H2,29,30,35)(H,32,33,34). The maximum atomic E-state index is 13.9. The molecule has 1 fully saturated rings. The SMILES string of the molecule is CC1Nc2cccc(OCI)c2C=C1Nc1cc(-c2cnc(N)nc2C(F)(F)F)nc(N2CCOCC2)n1. The number of morpholine rings is 1. The van der Waals surface area contributed by atoms with Gasteiger partial charge in [-0.05, 0) is 47.7 Å². The van der Waals surface area contributed by atoms with E-state index in [-0.39, 0.29) is 23.2 Å². The van der Waals surface area contributed by atoms with Gasteiger partial charge in [-0.3, -0.25) is 0 Å². The zero-order chi connectivity index (χ0) is 26.9. The summed E-state index contributed by atoms with van der Waals surface area (Å²) in [5, 5.41) is 6.71. The molecule has 2 aliphatic heterocycles. The van der Waals surface area contributed by atoms with Crippen molar-refractivity contribution in [1.29, 1.82) is 0 Å². The van der Waals surface area contributed by atoms with Crippen LogP contribution in [0.1, 0.15) is 18.2 Å². The largest absolute Gasteiger partial charge is 0.483 e. The van der Waals surface area contributed by atoms with Crippen LogP contribution in [0.4, 0.5) is 36.6 Å². The fraction of sp³-hybridized carbons (Fsp3) is 0.333. The van der Waals surface area contributed by atoms with Gasteiger partial charge in [-0.15, -0.1) is 0 Å². The Labute approximate surface area is 230 Å². The molecule has 0 radical (unpaired) electrons. The van der Waals surface area contributed by atoms with Crippen molar-refractivity contribution >= 4 is 52.1 Å². The lowest BCUT2D eigenvalue weighted by molar-refractivity contribution is -0.140. The monoisotopic (exact) mass is 640 g/mol. The highest BCUT2D eigenvalue weighted by atomic mass is 127. The van der Waals surface area contributed by atoms with E-state index in [9.17, 15) is 13.2 Å². The van der Waals surface area contributed by atoms with Crippen LogP contribution in [0.2, 0.25) is 0 Å². The fourth-order valence-corrected chi connectivity index (χ4v) is 4.56. The van der Waals surface area contributed by atoms with Crippen LogP contribution in [0.15, 0.2) is 36.2 Å². The molecule has 4 heterocycles. The number of nitrogen functional groups attached to an aromatic ring is 1. The molecule has 14 heteroatoms. The second-order valence-corrected chi connectivity index (χ2v) is 9.21. The molecule has 1 aromatic carbocycles. The number of halogens is 4. The summed E-state index contributed by atoms with van der Waals surface area (Å²) >= 11 is 2.13. The van der Waals surface area contributed by atoms with Gasteiger partial charge in [0.1, 0.15) is 16.2 Å². The number of aromatic nitrogens is 4. The van der Waals surface area contributed by atoms with E-state index in [1.165, 1.54) is 6.07 Å². The predicted molar refractivity (Wildman–Crippen MR) is 146 cm³/mol. The Morgan fingerprint density at radius 1 is 1.24 bits per heavy atom. The summed E-state index contributed by atoms with van der Waals surface area (Å²) in [5.74, 6) is 0.820. The van der Waals surface area contributed by atoms with Crippen LogP contribution in [0.25, 0.3) is 17.3 Å². The smallest absolute Gasteiger partial charge is 0.434 e. The molecular formula is C24H24F3IN8O2. The third kappa shape index (κ3) is 5.55. The molecule has 4 N–H and O–H groups in total. The average molecular weight is 640 g/mol. The summed E-state index contributed by atoms with van der Waals surface area (Å²) in [6, 6.07) is 7.04. The fourth-order valence-electron chi connectivity index (χ4n) is 4.23. The minimum Gasteiger partial charge on any atom is -0.483 e. The number of hydrogen-bond donors (Lipinski definition) is 3. The Morgan fingerprint density at radius 3 is 2.76 bits per heavy atom. The lowest BCUT2D eigenvalue weighted by Gasteiger charge is -2.29.